The zero-order chi connectivity index (χ0) is 21.5. The number of hydrogen-bond donors (Lipinski definition) is 0. The number of fused-ring (bicyclic) bond motifs is 1. The summed E-state index contributed by atoms with van der Waals surface area (Å²) in [5, 5.41) is 4.48. The standard InChI is InChI=1S/C23H25N3O3S/c1-16-13-17(2)26(24-16)15-18-6-8-19(9-7-18)23(27)25-12-4-5-20-14-21(30(3,28)29)10-11-22(20)25/h6-11,13-14H,4-5,12,15H2,1-3H3. The van der Waals surface area contributed by atoms with Crippen LogP contribution in [0.3, 0.4) is 0 Å². The Bertz CT molecular complexity index is 1210. The molecule has 1 aliphatic rings. The normalized spacial score (nSPS) is 13.9. The lowest BCUT2D eigenvalue weighted by Crippen LogP contribution is -2.35. The zero-order valence-electron chi connectivity index (χ0n) is 17.4. The highest BCUT2D eigenvalue weighted by Gasteiger charge is 2.24. The van der Waals surface area contributed by atoms with Crippen molar-refractivity contribution in [3.63, 3.8) is 0 Å². The van der Waals surface area contributed by atoms with Gasteiger partial charge in [-0.05, 0) is 74.2 Å². The third-order valence-corrected chi connectivity index (χ3v) is 6.59. The van der Waals surface area contributed by atoms with Crippen LogP contribution in [0.2, 0.25) is 0 Å². The van der Waals surface area contributed by atoms with E-state index in [-0.39, 0.29) is 5.91 Å². The molecular formula is C23H25N3O3S. The van der Waals surface area contributed by atoms with Gasteiger partial charge in [0, 0.05) is 29.7 Å². The van der Waals surface area contributed by atoms with Crippen LogP contribution in [-0.4, -0.2) is 36.9 Å². The van der Waals surface area contributed by atoms with Gasteiger partial charge in [-0.25, -0.2) is 8.42 Å². The van der Waals surface area contributed by atoms with E-state index in [0.717, 1.165) is 41.0 Å². The second kappa shape index (κ2) is 7.72. The number of anilines is 1. The van der Waals surface area contributed by atoms with Crippen molar-refractivity contribution in [1.82, 2.24) is 9.78 Å². The number of nitrogens with zero attached hydrogens (tertiary/aromatic N) is 3. The smallest absolute Gasteiger partial charge is 0.258 e. The number of carbonyl (C=O) groups excluding carboxylic acids is 1. The van der Waals surface area contributed by atoms with Crippen LogP contribution in [0.4, 0.5) is 5.69 Å². The molecule has 1 amide bonds. The molecule has 3 aromatic rings. The van der Waals surface area contributed by atoms with Crippen molar-refractivity contribution in [2.24, 2.45) is 0 Å². The molecule has 2 heterocycles. The molecule has 0 fully saturated rings. The number of benzene rings is 2. The Morgan fingerprint density at radius 1 is 1.07 bits per heavy atom. The molecule has 0 N–H and O–H groups in total. The van der Waals surface area contributed by atoms with Crippen LogP contribution in [0.5, 0.6) is 0 Å². The Kier molecular flexibility index (Phi) is 5.24. The van der Waals surface area contributed by atoms with Gasteiger partial charge in [-0.2, -0.15) is 5.10 Å². The first-order chi connectivity index (χ1) is 14.2. The summed E-state index contributed by atoms with van der Waals surface area (Å²) in [6.07, 6.45) is 2.78. The summed E-state index contributed by atoms with van der Waals surface area (Å²) in [7, 11) is -3.27. The lowest BCUT2D eigenvalue weighted by atomic mass is 10.0. The first-order valence-electron chi connectivity index (χ1n) is 9.97. The molecule has 7 heteroatoms. The van der Waals surface area contributed by atoms with Crippen LogP contribution in [0.15, 0.2) is 53.4 Å². The van der Waals surface area contributed by atoms with Crippen molar-refractivity contribution in [2.75, 3.05) is 17.7 Å². The molecular weight excluding hydrogens is 398 g/mol. The third kappa shape index (κ3) is 4.03. The fourth-order valence-corrected chi connectivity index (χ4v) is 4.60. The molecule has 0 spiro atoms. The monoisotopic (exact) mass is 423 g/mol. The van der Waals surface area contributed by atoms with Crippen LogP contribution in [0.1, 0.15) is 39.3 Å². The molecule has 0 radical (unpaired) electrons. The highest BCUT2D eigenvalue weighted by atomic mass is 32.2. The van der Waals surface area contributed by atoms with E-state index in [1.165, 1.54) is 6.26 Å². The van der Waals surface area contributed by atoms with Gasteiger partial charge in [-0.15, -0.1) is 0 Å². The molecule has 1 aromatic heterocycles. The highest BCUT2D eigenvalue weighted by Crippen LogP contribution is 2.30. The molecule has 156 valence electrons. The van der Waals surface area contributed by atoms with Crippen LogP contribution >= 0.6 is 0 Å². The Balaban J connectivity index is 1.56. The van der Waals surface area contributed by atoms with E-state index in [2.05, 4.69) is 5.10 Å². The first kappa shape index (κ1) is 20.3. The van der Waals surface area contributed by atoms with Gasteiger partial charge in [-0.3, -0.25) is 9.48 Å². The van der Waals surface area contributed by atoms with E-state index in [0.29, 0.717) is 23.5 Å². The Labute approximate surface area is 177 Å². The van der Waals surface area contributed by atoms with Gasteiger partial charge in [-0.1, -0.05) is 12.1 Å². The second-order valence-corrected chi connectivity index (χ2v) is 9.92. The number of aromatic nitrogens is 2. The third-order valence-electron chi connectivity index (χ3n) is 5.48. The molecule has 0 bridgehead atoms. The van der Waals surface area contributed by atoms with Gasteiger partial charge in [0.25, 0.3) is 5.91 Å². The molecule has 2 aromatic carbocycles. The lowest BCUT2D eigenvalue weighted by Gasteiger charge is -2.30. The maximum Gasteiger partial charge on any atom is 0.258 e. The molecule has 0 atom stereocenters. The second-order valence-electron chi connectivity index (χ2n) is 7.90. The molecule has 0 saturated carbocycles. The molecule has 30 heavy (non-hydrogen) atoms. The van der Waals surface area contributed by atoms with Gasteiger partial charge >= 0.3 is 0 Å². The van der Waals surface area contributed by atoms with Crippen molar-refractivity contribution < 1.29 is 13.2 Å². The average Bonchev–Trinajstić information content (AvgIpc) is 3.03. The van der Waals surface area contributed by atoms with Crippen LogP contribution < -0.4 is 4.90 Å². The molecule has 0 saturated heterocycles. The minimum atomic E-state index is -3.27. The summed E-state index contributed by atoms with van der Waals surface area (Å²) in [4.78, 5) is 15.2. The summed E-state index contributed by atoms with van der Waals surface area (Å²) < 4.78 is 25.7. The molecule has 4 rings (SSSR count). The topological polar surface area (TPSA) is 72.3 Å². The largest absolute Gasteiger partial charge is 0.308 e. The Morgan fingerprint density at radius 2 is 1.80 bits per heavy atom. The maximum absolute atomic E-state index is 13.2. The van der Waals surface area contributed by atoms with Crippen molar-refractivity contribution in [3.05, 3.63) is 76.6 Å². The van der Waals surface area contributed by atoms with E-state index in [4.69, 9.17) is 0 Å². The fraction of sp³-hybridized carbons (Fsp3) is 0.304. The minimum Gasteiger partial charge on any atom is -0.308 e. The average molecular weight is 424 g/mol. The van der Waals surface area contributed by atoms with Crippen molar-refractivity contribution in [3.8, 4) is 0 Å². The molecule has 0 aliphatic carbocycles. The van der Waals surface area contributed by atoms with E-state index in [1.54, 1.807) is 23.1 Å². The number of aryl methyl sites for hydroxylation is 3. The lowest BCUT2D eigenvalue weighted by molar-refractivity contribution is 0.0985. The van der Waals surface area contributed by atoms with Gasteiger partial charge in [0.2, 0.25) is 0 Å². The van der Waals surface area contributed by atoms with Crippen molar-refractivity contribution in [1.29, 1.82) is 0 Å². The van der Waals surface area contributed by atoms with Crippen LogP contribution in [-0.2, 0) is 22.8 Å². The zero-order valence-corrected chi connectivity index (χ0v) is 18.2. The molecule has 1 aliphatic heterocycles. The number of amides is 1. The van der Waals surface area contributed by atoms with Gasteiger partial charge in [0.05, 0.1) is 17.1 Å². The van der Waals surface area contributed by atoms with Gasteiger partial charge < -0.3 is 4.90 Å². The molecule has 6 nitrogen and oxygen atoms in total. The SMILES string of the molecule is Cc1cc(C)n(Cc2ccc(C(=O)N3CCCc4cc(S(C)(=O)=O)ccc43)cc2)n1. The summed E-state index contributed by atoms with van der Waals surface area (Å²) in [6.45, 7) is 5.29. The maximum atomic E-state index is 13.2. The van der Waals surface area contributed by atoms with Crippen LogP contribution in [0.25, 0.3) is 0 Å². The highest BCUT2D eigenvalue weighted by molar-refractivity contribution is 7.90. The Morgan fingerprint density at radius 3 is 2.43 bits per heavy atom. The van der Waals surface area contributed by atoms with Crippen molar-refractivity contribution >= 4 is 21.4 Å². The number of sulfone groups is 1. The fourth-order valence-electron chi connectivity index (χ4n) is 3.93. The number of rotatable bonds is 4. The summed E-state index contributed by atoms with van der Waals surface area (Å²) in [5.41, 5.74) is 5.49. The van der Waals surface area contributed by atoms with Crippen LogP contribution in [0, 0.1) is 13.8 Å². The number of hydrogen-bond acceptors (Lipinski definition) is 4. The van der Waals surface area contributed by atoms with Gasteiger partial charge in [0.1, 0.15) is 0 Å². The predicted octanol–water partition coefficient (Wildman–Crippen LogP) is 3.54. The summed E-state index contributed by atoms with van der Waals surface area (Å²) in [5.74, 6) is -0.0688. The Hall–Kier alpha value is -2.93. The van der Waals surface area contributed by atoms with E-state index in [9.17, 15) is 13.2 Å². The predicted molar refractivity (Wildman–Crippen MR) is 117 cm³/mol. The summed E-state index contributed by atoms with van der Waals surface area (Å²) >= 11 is 0. The van der Waals surface area contributed by atoms with E-state index in [1.807, 2.05) is 48.9 Å². The molecule has 0 unspecified atom stereocenters. The van der Waals surface area contributed by atoms with E-state index >= 15 is 0 Å². The summed E-state index contributed by atoms with van der Waals surface area (Å²) in [6, 6.07) is 14.7. The van der Waals surface area contributed by atoms with E-state index < -0.39 is 9.84 Å². The number of carbonyl (C=O) groups is 1. The first-order valence-corrected chi connectivity index (χ1v) is 11.9. The quantitative estimate of drug-likeness (QED) is 0.643. The minimum absolute atomic E-state index is 0.0688. The van der Waals surface area contributed by atoms with Crippen molar-refractivity contribution in [2.45, 2.75) is 38.1 Å². The van der Waals surface area contributed by atoms with Gasteiger partial charge in [0.15, 0.2) is 9.84 Å².